The van der Waals surface area contributed by atoms with Gasteiger partial charge in [-0.3, -0.25) is 19.7 Å². The van der Waals surface area contributed by atoms with Crippen molar-refractivity contribution in [1.29, 1.82) is 0 Å². The average molecular weight is 321 g/mol. The number of amides is 3. The first-order valence-corrected chi connectivity index (χ1v) is 7.17. The summed E-state index contributed by atoms with van der Waals surface area (Å²) in [5.74, 6) is -1.09. The van der Waals surface area contributed by atoms with Gasteiger partial charge in [0.15, 0.2) is 0 Å². The summed E-state index contributed by atoms with van der Waals surface area (Å²) in [6, 6.07) is 4.72. The molecule has 1 fully saturated rings. The van der Waals surface area contributed by atoms with Crippen molar-refractivity contribution in [3.05, 3.63) is 29.0 Å². The van der Waals surface area contributed by atoms with E-state index in [0.29, 0.717) is 17.5 Å². The topological polar surface area (TPSA) is 104 Å². The summed E-state index contributed by atoms with van der Waals surface area (Å²) in [7, 11) is 0. The number of carbonyl (C=O) groups excluding carboxylic acids is 3. The summed E-state index contributed by atoms with van der Waals surface area (Å²) in [5, 5.41) is 5.10. The van der Waals surface area contributed by atoms with Gasteiger partial charge in [0.2, 0.25) is 23.0 Å². The molecule has 1 saturated heterocycles. The minimum Gasteiger partial charge on any atom is -0.344 e. The fourth-order valence-electron chi connectivity index (χ4n) is 2.45. The fraction of sp³-hybridized carbons (Fsp3) is 0.286. The number of halogens is 1. The molecule has 3 N–H and O–H groups in total. The monoisotopic (exact) mass is 320 g/mol. The van der Waals surface area contributed by atoms with E-state index in [9.17, 15) is 14.4 Å². The van der Waals surface area contributed by atoms with Gasteiger partial charge in [-0.15, -0.1) is 0 Å². The van der Waals surface area contributed by atoms with Gasteiger partial charge in [0.05, 0.1) is 17.5 Å². The Morgan fingerprint density at radius 2 is 2.23 bits per heavy atom. The van der Waals surface area contributed by atoms with Crippen molar-refractivity contribution in [2.24, 2.45) is 0 Å². The zero-order valence-corrected chi connectivity index (χ0v) is 12.2. The highest BCUT2D eigenvalue weighted by atomic mass is 35.5. The standard InChI is InChI=1S/C14H13ClN4O3/c15-14-17-8-3-1-2-7(12(8)19-14)6-11(21)16-9-4-5-10(20)18-13(9)22/h1-3,9H,4-6H2,(H,16,21)(H,17,19)(H,18,20,22). The maximum Gasteiger partial charge on any atom is 0.249 e. The number of nitrogens with one attached hydrogen (secondary N) is 3. The van der Waals surface area contributed by atoms with Crippen LogP contribution in [0.15, 0.2) is 18.2 Å². The first-order chi connectivity index (χ1) is 10.5. The molecule has 1 aliphatic rings. The maximum absolute atomic E-state index is 12.1. The van der Waals surface area contributed by atoms with Gasteiger partial charge < -0.3 is 10.3 Å². The minimum absolute atomic E-state index is 0.0796. The first kappa shape index (κ1) is 14.5. The second kappa shape index (κ2) is 5.76. The summed E-state index contributed by atoms with van der Waals surface area (Å²) in [6.07, 6.45) is 0.617. The lowest BCUT2D eigenvalue weighted by molar-refractivity contribution is -0.137. The highest BCUT2D eigenvalue weighted by molar-refractivity contribution is 6.29. The number of rotatable bonds is 3. The van der Waals surface area contributed by atoms with Crippen LogP contribution in [0.25, 0.3) is 11.0 Å². The molecule has 22 heavy (non-hydrogen) atoms. The third-order valence-corrected chi connectivity index (χ3v) is 3.67. The zero-order valence-electron chi connectivity index (χ0n) is 11.5. The Bertz CT molecular complexity index is 771. The third kappa shape index (κ3) is 2.94. The van der Waals surface area contributed by atoms with Gasteiger partial charge >= 0.3 is 0 Å². The Hall–Kier alpha value is -2.41. The number of imidazole rings is 1. The molecule has 0 spiro atoms. The molecule has 1 unspecified atom stereocenters. The van der Waals surface area contributed by atoms with Crippen molar-refractivity contribution < 1.29 is 14.4 Å². The highest BCUT2D eigenvalue weighted by Crippen LogP contribution is 2.19. The molecule has 114 valence electrons. The molecule has 0 bridgehead atoms. The number of para-hydroxylation sites is 1. The first-order valence-electron chi connectivity index (χ1n) is 6.79. The van der Waals surface area contributed by atoms with Crippen LogP contribution in [-0.4, -0.2) is 33.7 Å². The van der Waals surface area contributed by atoms with Gasteiger partial charge in [0.25, 0.3) is 0 Å². The molecular formula is C14H13ClN4O3. The average Bonchev–Trinajstić information content (AvgIpc) is 2.83. The van der Waals surface area contributed by atoms with Crippen LogP contribution in [0.2, 0.25) is 5.28 Å². The van der Waals surface area contributed by atoms with Gasteiger partial charge in [-0.05, 0) is 29.7 Å². The second-order valence-electron chi connectivity index (χ2n) is 5.09. The molecule has 1 atom stereocenters. The fourth-order valence-corrected chi connectivity index (χ4v) is 2.64. The Labute approximate surface area is 130 Å². The number of carbonyl (C=O) groups is 3. The number of nitrogens with zero attached hydrogens (tertiary/aromatic N) is 1. The normalized spacial score (nSPS) is 18.3. The Morgan fingerprint density at radius 3 is 3.00 bits per heavy atom. The number of hydrogen-bond donors (Lipinski definition) is 3. The molecule has 7 nitrogen and oxygen atoms in total. The van der Waals surface area contributed by atoms with Crippen LogP contribution in [0.4, 0.5) is 0 Å². The lowest BCUT2D eigenvalue weighted by Crippen LogP contribution is -2.52. The van der Waals surface area contributed by atoms with Crippen molar-refractivity contribution in [1.82, 2.24) is 20.6 Å². The van der Waals surface area contributed by atoms with Crippen molar-refractivity contribution >= 4 is 40.4 Å². The number of aromatic amines is 1. The van der Waals surface area contributed by atoms with Crippen LogP contribution in [0, 0.1) is 0 Å². The number of aromatic nitrogens is 2. The molecule has 0 radical (unpaired) electrons. The molecule has 2 aromatic rings. The SMILES string of the molecule is O=C1CCC(NC(=O)Cc2cccc3[nH]c(Cl)nc23)C(=O)N1. The molecule has 3 rings (SSSR count). The van der Waals surface area contributed by atoms with Gasteiger partial charge in [-0.1, -0.05) is 12.1 Å². The summed E-state index contributed by atoms with van der Waals surface area (Å²) in [6.45, 7) is 0. The van der Waals surface area contributed by atoms with E-state index in [0.717, 1.165) is 5.52 Å². The van der Waals surface area contributed by atoms with Crippen molar-refractivity contribution in [2.75, 3.05) is 0 Å². The molecule has 8 heteroatoms. The molecule has 3 amide bonds. The summed E-state index contributed by atoms with van der Waals surface area (Å²) < 4.78 is 0. The number of hydrogen-bond acceptors (Lipinski definition) is 4. The summed E-state index contributed by atoms with van der Waals surface area (Å²) in [5.41, 5.74) is 2.09. The van der Waals surface area contributed by atoms with E-state index in [4.69, 9.17) is 11.6 Å². The van der Waals surface area contributed by atoms with E-state index in [1.54, 1.807) is 12.1 Å². The van der Waals surface area contributed by atoms with E-state index < -0.39 is 11.9 Å². The molecule has 0 aliphatic carbocycles. The minimum atomic E-state index is -0.674. The van der Waals surface area contributed by atoms with Gasteiger partial charge in [0, 0.05) is 6.42 Å². The van der Waals surface area contributed by atoms with Crippen LogP contribution in [0.3, 0.4) is 0 Å². The van der Waals surface area contributed by atoms with E-state index in [-0.39, 0.29) is 29.9 Å². The highest BCUT2D eigenvalue weighted by Gasteiger charge is 2.27. The number of fused-ring (bicyclic) bond motifs is 1. The largest absolute Gasteiger partial charge is 0.344 e. The predicted octanol–water partition coefficient (Wildman–Crippen LogP) is 0.680. The number of imide groups is 1. The molecule has 1 aromatic heterocycles. The van der Waals surface area contributed by atoms with Crippen LogP contribution in [0.5, 0.6) is 0 Å². The van der Waals surface area contributed by atoms with E-state index >= 15 is 0 Å². The molecular weight excluding hydrogens is 308 g/mol. The smallest absolute Gasteiger partial charge is 0.249 e. The van der Waals surface area contributed by atoms with Crippen LogP contribution in [0.1, 0.15) is 18.4 Å². The number of piperidine rings is 1. The molecule has 1 aliphatic heterocycles. The summed E-state index contributed by atoms with van der Waals surface area (Å²) in [4.78, 5) is 41.8. The van der Waals surface area contributed by atoms with Crippen LogP contribution >= 0.6 is 11.6 Å². The molecule has 0 saturated carbocycles. The van der Waals surface area contributed by atoms with Crippen molar-refractivity contribution in [3.63, 3.8) is 0 Å². The van der Waals surface area contributed by atoms with E-state index in [2.05, 4.69) is 20.6 Å². The number of benzene rings is 1. The summed E-state index contributed by atoms with van der Waals surface area (Å²) >= 11 is 5.83. The predicted molar refractivity (Wildman–Crippen MR) is 79.1 cm³/mol. The van der Waals surface area contributed by atoms with Crippen molar-refractivity contribution in [2.45, 2.75) is 25.3 Å². The Morgan fingerprint density at radius 1 is 1.41 bits per heavy atom. The Kier molecular flexibility index (Phi) is 3.81. The maximum atomic E-state index is 12.1. The quantitative estimate of drug-likeness (QED) is 0.723. The van der Waals surface area contributed by atoms with E-state index in [1.807, 2.05) is 6.07 Å². The van der Waals surface area contributed by atoms with Gasteiger partial charge in [0.1, 0.15) is 6.04 Å². The molecule has 1 aromatic carbocycles. The zero-order chi connectivity index (χ0) is 15.7. The van der Waals surface area contributed by atoms with Crippen LogP contribution in [-0.2, 0) is 20.8 Å². The molecule has 2 heterocycles. The van der Waals surface area contributed by atoms with Crippen molar-refractivity contribution in [3.8, 4) is 0 Å². The van der Waals surface area contributed by atoms with Gasteiger partial charge in [-0.2, -0.15) is 0 Å². The number of H-pyrrole nitrogens is 1. The van der Waals surface area contributed by atoms with Crippen LogP contribution < -0.4 is 10.6 Å². The lowest BCUT2D eigenvalue weighted by Gasteiger charge is -2.21. The Balaban J connectivity index is 1.71. The van der Waals surface area contributed by atoms with E-state index in [1.165, 1.54) is 0 Å². The lowest BCUT2D eigenvalue weighted by atomic mass is 10.0. The van der Waals surface area contributed by atoms with Gasteiger partial charge in [-0.25, -0.2) is 4.98 Å². The second-order valence-corrected chi connectivity index (χ2v) is 5.45. The third-order valence-electron chi connectivity index (χ3n) is 3.49.